The van der Waals surface area contributed by atoms with Gasteiger partial charge in [0.2, 0.25) is 0 Å². The molecular weight excluding hydrogens is 204 g/mol. The van der Waals surface area contributed by atoms with Crippen molar-refractivity contribution in [3.8, 4) is 0 Å². The summed E-state index contributed by atoms with van der Waals surface area (Å²) in [5.41, 5.74) is 0.462. The van der Waals surface area contributed by atoms with Crippen LogP contribution in [0.25, 0.3) is 0 Å². The van der Waals surface area contributed by atoms with Crippen LogP contribution in [0.4, 0.5) is 0 Å². The molecule has 0 atom stereocenters. The van der Waals surface area contributed by atoms with Gasteiger partial charge in [-0.3, -0.25) is 4.79 Å². The van der Waals surface area contributed by atoms with E-state index < -0.39 is 11.6 Å². The Morgan fingerprint density at radius 1 is 1.12 bits per heavy atom. The molecule has 0 unspecified atom stereocenters. The summed E-state index contributed by atoms with van der Waals surface area (Å²) in [4.78, 5) is 22.9. The maximum absolute atomic E-state index is 11.7. The molecule has 1 aromatic carbocycles. The first kappa shape index (κ1) is 12.4. The molecule has 0 aliphatic carbocycles. The first-order valence-corrected chi connectivity index (χ1v) is 5.14. The minimum Gasteiger partial charge on any atom is -0.448 e. The SMILES string of the molecule is CC(=O)C(C)(C)OC(=O)c1ccc(C)cc1. The van der Waals surface area contributed by atoms with Crippen LogP contribution in [0.5, 0.6) is 0 Å². The molecule has 0 aromatic heterocycles. The minimum absolute atomic E-state index is 0.173. The highest BCUT2D eigenvalue weighted by Gasteiger charge is 2.28. The Labute approximate surface area is 95.4 Å². The molecule has 1 rings (SSSR count). The predicted octanol–water partition coefficient (Wildman–Crippen LogP) is 2.52. The van der Waals surface area contributed by atoms with Gasteiger partial charge in [-0.05, 0) is 39.8 Å². The number of hydrogen-bond donors (Lipinski definition) is 0. The van der Waals surface area contributed by atoms with Gasteiger partial charge in [0.15, 0.2) is 11.4 Å². The number of esters is 1. The van der Waals surface area contributed by atoms with Gasteiger partial charge in [-0.1, -0.05) is 17.7 Å². The zero-order chi connectivity index (χ0) is 12.3. The normalized spacial score (nSPS) is 11.0. The molecule has 0 saturated carbocycles. The van der Waals surface area contributed by atoms with E-state index in [-0.39, 0.29) is 5.78 Å². The second kappa shape index (κ2) is 4.47. The Morgan fingerprint density at radius 2 is 1.62 bits per heavy atom. The summed E-state index contributed by atoms with van der Waals surface area (Å²) in [6, 6.07) is 7.04. The molecule has 0 aliphatic heterocycles. The van der Waals surface area contributed by atoms with Crippen LogP contribution < -0.4 is 0 Å². The van der Waals surface area contributed by atoms with Gasteiger partial charge in [-0.25, -0.2) is 4.79 Å². The standard InChI is InChI=1S/C13H16O3/c1-9-5-7-11(8-6-9)12(15)16-13(3,4)10(2)14/h5-8H,1-4H3. The highest BCUT2D eigenvalue weighted by Crippen LogP contribution is 2.14. The fourth-order valence-electron chi connectivity index (χ4n) is 1.05. The van der Waals surface area contributed by atoms with Crippen molar-refractivity contribution < 1.29 is 14.3 Å². The number of aryl methyl sites for hydroxylation is 1. The van der Waals surface area contributed by atoms with Gasteiger partial charge in [-0.15, -0.1) is 0 Å². The van der Waals surface area contributed by atoms with E-state index in [0.29, 0.717) is 5.56 Å². The molecule has 0 radical (unpaired) electrons. The molecule has 0 spiro atoms. The summed E-state index contributed by atoms with van der Waals surface area (Å²) < 4.78 is 5.14. The second-order valence-electron chi connectivity index (χ2n) is 4.32. The number of Topliss-reactive ketones (excluding diaryl/α,β-unsaturated/α-hetero) is 1. The highest BCUT2D eigenvalue weighted by molar-refractivity contribution is 5.93. The van der Waals surface area contributed by atoms with Crippen molar-refractivity contribution >= 4 is 11.8 Å². The van der Waals surface area contributed by atoms with Gasteiger partial charge in [0.05, 0.1) is 5.56 Å². The third-order valence-corrected chi connectivity index (χ3v) is 2.48. The minimum atomic E-state index is -1.07. The van der Waals surface area contributed by atoms with Crippen molar-refractivity contribution in [2.45, 2.75) is 33.3 Å². The van der Waals surface area contributed by atoms with E-state index in [0.717, 1.165) is 5.56 Å². The van der Waals surface area contributed by atoms with Gasteiger partial charge in [0, 0.05) is 0 Å². The van der Waals surface area contributed by atoms with E-state index in [9.17, 15) is 9.59 Å². The summed E-state index contributed by atoms with van der Waals surface area (Å²) >= 11 is 0. The van der Waals surface area contributed by atoms with Crippen molar-refractivity contribution in [2.24, 2.45) is 0 Å². The van der Waals surface area contributed by atoms with Gasteiger partial charge < -0.3 is 4.74 Å². The molecular formula is C13H16O3. The summed E-state index contributed by atoms with van der Waals surface area (Å²) in [5, 5.41) is 0. The molecule has 16 heavy (non-hydrogen) atoms. The van der Waals surface area contributed by atoms with Crippen LogP contribution in [0.1, 0.15) is 36.7 Å². The first-order valence-electron chi connectivity index (χ1n) is 5.14. The highest BCUT2D eigenvalue weighted by atomic mass is 16.6. The molecule has 0 N–H and O–H groups in total. The van der Waals surface area contributed by atoms with Gasteiger partial charge in [0.25, 0.3) is 0 Å². The molecule has 3 heteroatoms. The Hall–Kier alpha value is -1.64. The molecule has 0 heterocycles. The van der Waals surface area contributed by atoms with Gasteiger partial charge >= 0.3 is 5.97 Å². The van der Waals surface area contributed by atoms with E-state index in [1.54, 1.807) is 26.0 Å². The number of hydrogen-bond acceptors (Lipinski definition) is 3. The van der Waals surface area contributed by atoms with Crippen LogP contribution in [-0.4, -0.2) is 17.4 Å². The van der Waals surface area contributed by atoms with Crippen LogP contribution in [0, 0.1) is 6.92 Å². The number of rotatable bonds is 3. The monoisotopic (exact) mass is 220 g/mol. The quantitative estimate of drug-likeness (QED) is 0.735. The number of carbonyl (C=O) groups excluding carboxylic acids is 2. The maximum atomic E-state index is 11.7. The first-order chi connectivity index (χ1) is 7.33. The lowest BCUT2D eigenvalue weighted by Gasteiger charge is -2.21. The second-order valence-corrected chi connectivity index (χ2v) is 4.32. The Morgan fingerprint density at radius 3 is 2.06 bits per heavy atom. The van der Waals surface area contributed by atoms with E-state index >= 15 is 0 Å². The molecule has 0 saturated heterocycles. The summed E-state index contributed by atoms with van der Waals surface area (Å²) in [6.07, 6.45) is 0. The van der Waals surface area contributed by atoms with Crippen LogP contribution in [-0.2, 0) is 9.53 Å². The Kier molecular flexibility index (Phi) is 3.48. The molecule has 0 aliphatic rings. The van der Waals surface area contributed by atoms with E-state index in [2.05, 4.69) is 0 Å². The van der Waals surface area contributed by atoms with Gasteiger partial charge in [-0.2, -0.15) is 0 Å². The van der Waals surface area contributed by atoms with Crippen molar-refractivity contribution in [1.82, 2.24) is 0 Å². The molecule has 0 amide bonds. The largest absolute Gasteiger partial charge is 0.448 e. The maximum Gasteiger partial charge on any atom is 0.339 e. The topological polar surface area (TPSA) is 43.4 Å². The van der Waals surface area contributed by atoms with Crippen molar-refractivity contribution in [2.75, 3.05) is 0 Å². The summed E-state index contributed by atoms with van der Waals surface area (Å²) in [5.74, 6) is -0.645. The number of carbonyl (C=O) groups is 2. The van der Waals surface area contributed by atoms with Crippen LogP contribution in [0.3, 0.4) is 0 Å². The smallest absolute Gasteiger partial charge is 0.339 e. The fraction of sp³-hybridized carbons (Fsp3) is 0.385. The average molecular weight is 220 g/mol. The molecule has 3 nitrogen and oxygen atoms in total. The van der Waals surface area contributed by atoms with E-state index in [1.807, 2.05) is 19.1 Å². The Balaban J connectivity index is 2.81. The molecule has 1 aromatic rings. The van der Waals surface area contributed by atoms with E-state index in [1.165, 1.54) is 6.92 Å². The fourth-order valence-corrected chi connectivity index (χ4v) is 1.05. The number of ether oxygens (including phenoxy) is 1. The molecule has 0 bridgehead atoms. The van der Waals surface area contributed by atoms with Crippen molar-refractivity contribution in [3.05, 3.63) is 35.4 Å². The van der Waals surface area contributed by atoms with Crippen LogP contribution in [0.15, 0.2) is 24.3 Å². The summed E-state index contributed by atoms with van der Waals surface area (Å²) in [6.45, 7) is 6.51. The van der Waals surface area contributed by atoms with E-state index in [4.69, 9.17) is 4.74 Å². The van der Waals surface area contributed by atoms with Crippen molar-refractivity contribution in [3.63, 3.8) is 0 Å². The van der Waals surface area contributed by atoms with Crippen LogP contribution >= 0.6 is 0 Å². The molecule has 86 valence electrons. The third kappa shape index (κ3) is 2.92. The lowest BCUT2D eigenvalue weighted by atomic mass is 10.1. The Bertz CT molecular complexity index is 402. The molecule has 0 fully saturated rings. The average Bonchev–Trinajstić information content (AvgIpc) is 2.17. The number of ketones is 1. The zero-order valence-electron chi connectivity index (χ0n) is 10.0. The number of benzene rings is 1. The third-order valence-electron chi connectivity index (χ3n) is 2.48. The van der Waals surface area contributed by atoms with Gasteiger partial charge in [0.1, 0.15) is 0 Å². The predicted molar refractivity (Wildman–Crippen MR) is 61.4 cm³/mol. The summed E-state index contributed by atoms with van der Waals surface area (Å²) in [7, 11) is 0. The lowest BCUT2D eigenvalue weighted by Crippen LogP contribution is -2.35. The van der Waals surface area contributed by atoms with Crippen molar-refractivity contribution in [1.29, 1.82) is 0 Å². The van der Waals surface area contributed by atoms with Crippen LogP contribution in [0.2, 0.25) is 0 Å². The zero-order valence-corrected chi connectivity index (χ0v) is 10.0. The lowest BCUT2D eigenvalue weighted by molar-refractivity contribution is -0.132.